The van der Waals surface area contributed by atoms with E-state index in [0.29, 0.717) is 12.2 Å². The fourth-order valence-corrected chi connectivity index (χ4v) is 1.53. The van der Waals surface area contributed by atoms with Crippen LogP contribution in [-0.4, -0.2) is 17.6 Å². The summed E-state index contributed by atoms with van der Waals surface area (Å²) in [5, 5.41) is 8.86. The first-order valence-electron chi connectivity index (χ1n) is 5.45. The van der Waals surface area contributed by atoms with Crippen molar-refractivity contribution in [3.8, 4) is 0 Å². The summed E-state index contributed by atoms with van der Waals surface area (Å²) in [7, 11) is 0. The molecule has 0 spiro atoms. The highest BCUT2D eigenvalue weighted by molar-refractivity contribution is 6.07. The van der Waals surface area contributed by atoms with Gasteiger partial charge in [0.25, 0.3) is 5.91 Å². The van der Waals surface area contributed by atoms with Gasteiger partial charge in [-0.3, -0.25) is 4.79 Å². The van der Waals surface area contributed by atoms with E-state index in [4.69, 9.17) is 0 Å². The molecule has 1 amide bonds. The summed E-state index contributed by atoms with van der Waals surface area (Å²) in [5.41, 5.74) is 0.846. The molecule has 0 radical (unpaired) electrons. The number of anilines is 2. The van der Waals surface area contributed by atoms with Crippen LogP contribution in [0.2, 0.25) is 0 Å². The van der Waals surface area contributed by atoms with Crippen LogP contribution in [0.1, 0.15) is 17.3 Å². The van der Waals surface area contributed by atoms with E-state index in [2.05, 4.69) is 20.3 Å². The molecule has 5 nitrogen and oxygen atoms in total. The topological polar surface area (TPSA) is 67.2 Å². The maximum Gasteiger partial charge on any atom is 0.257 e. The first-order chi connectivity index (χ1) is 8.72. The lowest BCUT2D eigenvalue weighted by Gasteiger charge is -2.10. The SMILES string of the molecule is CCNc1c(F)cccc1C(=O)Nc1cnoc1. The zero-order valence-electron chi connectivity index (χ0n) is 9.74. The van der Waals surface area contributed by atoms with Gasteiger partial charge in [0.05, 0.1) is 17.4 Å². The zero-order chi connectivity index (χ0) is 13.0. The molecule has 2 aromatic rings. The maximum absolute atomic E-state index is 13.6. The van der Waals surface area contributed by atoms with Crippen LogP contribution in [0.25, 0.3) is 0 Å². The summed E-state index contributed by atoms with van der Waals surface area (Å²) in [6.07, 6.45) is 2.66. The molecule has 1 aromatic carbocycles. The Balaban J connectivity index is 2.26. The van der Waals surface area contributed by atoms with Crippen LogP contribution in [-0.2, 0) is 0 Å². The Labute approximate surface area is 103 Å². The first-order valence-corrected chi connectivity index (χ1v) is 5.45. The highest BCUT2D eigenvalue weighted by Gasteiger charge is 2.15. The molecular weight excluding hydrogens is 237 g/mol. The molecule has 0 unspecified atom stereocenters. The van der Waals surface area contributed by atoms with Crippen molar-refractivity contribution in [1.29, 1.82) is 0 Å². The van der Waals surface area contributed by atoms with E-state index in [0.717, 1.165) is 0 Å². The molecule has 0 saturated heterocycles. The summed E-state index contributed by atoms with van der Waals surface area (Å²) < 4.78 is 18.2. The minimum Gasteiger partial charge on any atom is -0.382 e. The van der Waals surface area contributed by atoms with Gasteiger partial charge in [0.1, 0.15) is 17.8 Å². The van der Waals surface area contributed by atoms with Crippen molar-refractivity contribution in [1.82, 2.24) is 5.16 Å². The van der Waals surface area contributed by atoms with E-state index in [1.54, 1.807) is 6.07 Å². The molecular formula is C12H12FN3O2. The Bertz CT molecular complexity index is 540. The van der Waals surface area contributed by atoms with Crippen molar-refractivity contribution in [3.63, 3.8) is 0 Å². The largest absolute Gasteiger partial charge is 0.382 e. The van der Waals surface area contributed by atoms with Crippen LogP contribution in [0.3, 0.4) is 0 Å². The lowest BCUT2D eigenvalue weighted by molar-refractivity contribution is 0.102. The van der Waals surface area contributed by atoms with Gasteiger partial charge >= 0.3 is 0 Å². The van der Waals surface area contributed by atoms with Crippen LogP contribution in [0, 0.1) is 5.82 Å². The molecule has 0 saturated carbocycles. The van der Waals surface area contributed by atoms with Crippen LogP contribution < -0.4 is 10.6 Å². The molecule has 6 heteroatoms. The third-order valence-corrected chi connectivity index (χ3v) is 2.30. The zero-order valence-corrected chi connectivity index (χ0v) is 9.74. The predicted octanol–water partition coefficient (Wildman–Crippen LogP) is 2.50. The molecule has 94 valence electrons. The monoisotopic (exact) mass is 249 g/mol. The molecule has 0 atom stereocenters. The number of nitrogens with one attached hydrogen (secondary N) is 2. The van der Waals surface area contributed by atoms with Gasteiger partial charge in [-0.15, -0.1) is 0 Å². The molecule has 1 heterocycles. The Morgan fingerprint density at radius 1 is 1.50 bits per heavy atom. The molecule has 1 aromatic heterocycles. The van der Waals surface area contributed by atoms with Gasteiger partial charge in [-0.25, -0.2) is 4.39 Å². The molecule has 0 aliphatic heterocycles. The number of rotatable bonds is 4. The Morgan fingerprint density at radius 2 is 2.33 bits per heavy atom. The third kappa shape index (κ3) is 2.48. The second kappa shape index (κ2) is 5.31. The quantitative estimate of drug-likeness (QED) is 0.873. The van der Waals surface area contributed by atoms with Crippen molar-refractivity contribution in [2.24, 2.45) is 0 Å². The van der Waals surface area contributed by atoms with Gasteiger partial charge in [0.15, 0.2) is 0 Å². The summed E-state index contributed by atoms with van der Waals surface area (Å²) in [6, 6.07) is 4.33. The molecule has 0 bridgehead atoms. The van der Waals surface area contributed by atoms with Crippen LogP contribution >= 0.6 is 0 Å². The van der Waals surface area contributed by atoms with Gasteiger partial charge in [-0.05, 0) is 19.1 Å². The Kier molecular flexibility index (Phi) is 3.57. The number of nitrogens with zero attached hydrogens (tertiary/aromatic N) is 1. The minimum atomic E-state index is -0.463. The van der Waals surface area contributed by atoms with E-state index in [-0.39, 0.29) is 11.3 Å². The standard InChI is InChI=1S/C12H12FN3O2/c1-2-14-11-9(4-3-5-10(11)13)12(17)16-8-6-15-18-7-8/h3-7,14H,2H2,1H3,(H,16,17). The maximum atomic E-state index is 13.6. The molecule has 0 aliphatic rings. The van der Waals surface area contributed by atoms with Gasteiger partial charge in [-0.2, -0.15) is 0 Å². The van der Waals surface area contributed by atoms with E-state index < -0.39 is 11.7 Å². The minimum absolute atomic E-state index is 0.189. The second-order valence-electron chi connectivity index (χ2n) is 3.56. The van der Waals surface area contributed by atoms with Crippen molar-refractivity contribution in [3.05, 3.63) is 42.0 Å². The Hall–Kier alpha value is -2.37. The van der Waals surface area contributed by atoms with E-state index in [1.165, 1.54) is 24.6 Å². The number of aromatic nitrogens is 1. The number of hydrogen-bond acceptors (Lipinski definition) is 4. The number of para-hydroxylation sites is 1. The third-order valence-electron chi connectivity index (χ3n) is 2.30. The molecule has 2 rings (SSSR count). The van der Waals surface area contributed by atoms with Gasteiger partial charge in [0.2, 0.25) is 0 Å². The number of carbonyl (C=O) groups is 1. The van der Waals surface area contributed by atoms with Crippen LogP contribution in [0.15, 0.2) is 35.2 Å². The fraction of sp³-hybridized carbons (Fsp3) is 0.167. The second-order valence-corrected chi connectivity index (χ2v) is 3.56. The number of hydrogen-bond donors (Lipinski definition) is 2. The molecule has 18 heavy (non-hydrogen) atoms. The van der Waals surface area contributed by atoms with Gasteiger partial charge < -0.3 is 15.2 Å². The van der Waals surface area contributed by atoms with Crippen molar-refractivity contribution in [2.45, 2.75) is 6.92 Å². The molecule has 2 N–H and O–H groups in total. The average Bonchev–Trinajstić information content (AvgIpc) is 2.84. The highest BCUT2D eigenvalue weighted by Crippen LogP contribution is 2.21. The van der Waals surface area contributed by atoms with Crippen LogP contribution in [0.4, 0.5) is 15.8 Å². The van der Waals surface area contributed by atoms with Crippen molar-refractivity contribution in [2.75, 3.05) is 17.2 Å². The average molecular weight is 249 g/mol. The molecule has 0 fully saturated rings. The summed E-state index contributed by atoms with van der Waals surface area (Å²) in [4.78, 5) is 12.0. The van der Waals surface area contributed by atoms with Crippen molar-refractivity contribution < 1.29 is 13.7 Å². The number of halogens is 1. The summed E-state index contributed by atoms with van der Waals surface area (Å²) in [5.74, 6) is -0.886. The first kappa shape index (κ1) is 12.1. The van der Waals surface area contributed by atoms with Gasteiger partial charge in [-0.1, -0.05) is 11.2 Å². The fourth-order valence-electron chi connectivity index (χ4n) is 1.53. The van der Waals surface area contributed by atoms with E-state index >= 15 is 0 Å². The van der Waals surface area contributed by atoms with Crippen LogP contribution in [0.5, 0.6) is 0 Å². The van der Waals surface area contributed by atoms with E-state index in [1.807, 2.05) is 6.92 Å². The van der Waals surface area contributed by atoms with E-state index in [9.17, 15) is 9.18 Å². The lowest BCUT2D eigenvalue weighted by Crippen LogP contribution is -2.15. The highest BCUT2D eigenvalue weighted by atomic mass is 19.1. The van der Waals surface area contributed by atoms with Crippen molar-refractivity contribution >= 4 is 17.3 Å². The lowest BCUT2D eigenvalue weighted by atomic mass is 10.1. The normalized spacial score (nSPS) is 10.1. The smallest absolute Gasteiger partial charge is 0.257 e. The predicted molar refractivity (Wildman–Crippen MR) is 65.0 cm³/mol. The molecule has 0 aliphatic carbocycles. The summed E-state index contributed by atoms with van der Waals surface area (Å²) >= 11 is 0. The number of benzene rings is 1. The number of amides is 1. The number of carbonyl (C=O) groups excluding carboxylic acids is 1. The summed E-state index contributed by atoms with van der Waals surface area (Å²) in [6.45, 7) is 2.35. The van der Waals surface area contributed by atoms with Gasteiger partial charge in [0, 0.05) is 6.54 Å². The Morgan fingerprint density at radius 3 is 3.00 bits per heavy atom.